The molecule has 1 saturated heterocycles. The van der Waals surface area contributed by atoms with Crippen LogP contribution in [-0.2, 0) is 9.84 Å². The molecule has 1 fully saturated rings. The van der Waals surface area contributed by atoms with E-state index in [0.717, 1.165) is 11.0 Å². The maximum absolute atomic E-state index is 11.7. The number of hydrogen-bond donors (Lipinski definition) is 2. The van der Waals surface area contributed by atoms with Crippen LogP contribution in [0.2, 0.25) is 5.15 Å². The number of halogens is 1. The summed E-state index contributed by atoms with van der Waals surface area (Å²) in [6.07, 6.45) is 2.09. The Balaban J connectivity index is 1.53. The molecule has 26 heavy (non-hydrogen) atoms. The van der Waals surface area contributed by atoms with E-state index < -0.39 is 9.84 Å². The van der Waals surface area contributed by atoms with E-state index in [0.29, 0.717) is 28.8 Å². The second kappa shape index (κ2) is 6.40. The van der Waals surface area contributed by atoms with Crippen LogP contribution in [0.15, 0.2) is 29.4 Å². The van der Waals surface area contributed by atoms with Gasteiger partial charge in [0, 0.05) is 0 Å². The second-order valence-corrected chi connectivity index (χ2v) is 8.85. The standard InChI is InChI=1S/C16H17ClN6O2S/c1-10-12(15(17)23(22-10)11-6-7-26(24,25)9-11)8-18-21-16-19-13-4-2-3-5-14(13)20-16/h2-5,8,11H,6-7,9H2,1H3,(H2,19,20,21)/b18-8-/t11-/m1/s1. The van der Waals surface area contributed by atoms with Crippen molar-refractivity contribution in [2.75, 3.05) is 16.9 Å². The topological polar surface area (TPSA) is 105 Å². The maximum Gasteiger partial charge on any atom is 0.222 e. The van der Waals surface area contributed by atoms with E-state index >= 15 is 0 Å². The van der Waals surface area contributed by atoms with Gasteiger partial charge in [-0.05, 0) is 25.5 Å². The number of benzene rings is 1. The van der Waals surface area contributed by atoms with Crippen LogP contribution in [0.5, 0.6) is 0 Å². The quantitative estimate of drug-likeness (QED) is 0.524. The van der Waals surface area contributed by atoms with E-state index in [2.05, 4.69) is 25.6 Å². The Labute approximate surface area is 155 Å². The highest BCUT2D eigenvalue weighted by molar-refractivity contribution is 7.91. The van der Waals surface area contributed by atoms with Gasteiger partial charge in [0.2, 0.25) is 5.95 Å². The molecule has 0 radical (unpaired) electrons. The molecule has 4 rings (SSSR count). The molecule has 0 bridgehead atoms. The van der Waals surface area contributed by atoms with Crippen molar-refractivity contribution in [3.8, 4) is 0 Å². The van der Waals surface area contributed by atoms with E-state index in [1.807, 2.05) is 31.2 Å². The Morgan fingerprint density at radius 3 is 2.96 bits per heavy atom. The number of anilines is 1. The first-order valence-corrected chi connectivity index (χ1v) is 10.3. The number of aromatic nitrogens is 4. The number of sulfone groups is 1. The third kappa shape index (κ3) is 3.19. The highest BCUT2D eigenvalue weighted by Crippen LogP contribution is 2.29. The first-order chi connectivity index (χ1) is 12.4. The fourth-order valence-electron chi connectivity index (χ4n) is 3.05. The summed E-state index contributed by atoms with van der Waals surface area (Å²) in [4.78, 5) is 7.49. The molecule has 1 atom stereocenters. The molecule has 0 unspecified atom stereocenters. The van der Waals surface area contributed by atoms with Gasteiger partial charge in [0.05, 0.1) is 46.1 Å². The summed E-state index contributed by atoms with van der Waals surface area (Å²) in [6.45, 7) is 1.81. The second-order valence-electron chi connectivity index (χ2n) is 6.26. The van der Waals surface area contributed by atoms with Crippen LogP contribution < -0.4 is 5.43 Å². The van der Waals surface area contributed by atoms with Crippen molar-refractivity contribution in [3.05, 3.63) is 40.7 Å². The third-order valence-electron chi connectivity index (χ3n) is 4.38. The summed E-state index contributed by atoms with van der Waals surface area (Å²) in [5.74, 6) is 0.761. The van der Waals surface area contributed by atoms with E-state index in [1.54, 1.807) is 10.9 Å². The van der Waals surface area contributed by atoms with E-state index in [9.17, 15) is 8.42 Å². The summed E-state index contributed by atoms with van der Waals surface area (Å²) in [6, 6.07) is 7.45. The van der Waals surface area contributed by atoms with Gasteiger partial charge in [-0.2, -0.15) is 10.2 Å². The van der Waals surface area contributed by atoms with Gasteiger partial charge in [-0.25, -0.2) is 23.5 Å². The predicted molar refractivity (Wildman–Crippen MR) is 102 cm³/mol. The summed E-state index contributed by atoms with van der Waals surface area (Å²) in [5, 5.41) is 8.96. The third-order valence-corrected chi connectivity index (χ3v) is 6.51. The van der Waals surface area contributed by atoms with Crippen molar-refractivity contribution >= 4 is 44.6 Å². The summed E-state index contributed by atoms with van der Waals surface area (Å²) in [7, 11) is -3.01. The number of aryl methyl sites for hydroxylation is 1. The zero-order chi connectivity index (χ0) is 18.3. The van der Waals surface area contributed by atoms with Gasteiger partial charge in [-0.15, -0.1) is 0 Å². The van der Waals surface area contributed by atoms with E-state index in [-0.39, 0.29) is 17.5 Å². The molecular weight excluding hydrogens is 376 g/mol. The normalized spacial score (nSPS) is 19.5. The van der Waals surface area contributed by atoms with Crippen molar-refractivity contribution in [3.63, 3.8) is 0 Å². The minimum Gasteiger partial charge on any atom is -0.323 e. The number of H-pyrrole nitrogens is 1. The number of hydrazone groups is 1. The molecule has 136 valence electrons. The molecular formula is C16H17ClN6O2S. The lowest BCUT2D eigenvalue weighted by Crippen LogP contribution is -2.12. The fourth-order valence-corrected chi connectivity index (χ4v) is 5.11. The smallest absolute Gasteiger partial charge is 0.222 e. The van der Waals surface area contributed by atoms with Crippen molar-refractivity contribution < 1.29 is 8.42 Å². The molecule has 1 aliphatic heterocycles. The van der Waals surface area contributed by atoms with Crippen LogP contribution in [-0.4, -0.2) is 45.9 Å². The zero-order valence-electron chi connectivity index (χ0n) is 14.0. The minimum atomic E-state index is -3.01. The summed E-state index contributed by atoms with van der Waals surface area (Å²) in [5.41, 5.74) is 5.94. The number of hydrogen-bond acceptors (Lipinski definition) is 6. The molecule has 10 heteroatoms. The first kappa shape index (κ1) is 17.0. The van der Waals surface area contributed by atoms with Crippen molar-refractivity contribution in [2.45, 2.75) is 19.4 Å². The molecule has 0 saturated carbocycles. The Bertz CT molecular complexity index is 1070. The Kier molecular flexibility index (Phi) is 4.20. The van der Waals surface area contributed by atoms with Crippen molar-refractivity contribution in [2.24, 2.45) is 5.10 Å². The Morgan fingerprint density at radius 1 is 1.42 bits per heavy atom. The van der Waals surface area contributed by atoms with Crippen LogP contribution in [0, 0.1) is 6.92 Å². The van der Waals surface area contributed by atoms with Crippen LogP contribution >= 0.6 is 11.6 Å². The first-order valence-electron chi connectivity index (χ1n) is 8.12. The molecule has 2 N–H and O–H groups in total. The molecule has 3 aromatic rings. The number of fused-ring (bicyclic) bond motifs is 1. The van der Waals surface area contributed by atoms with Gasteiger partial charge in [0.25, 0.3) is 0 Å². The predicted octanol–water partition coefficient (Wildman–Crippen LogP) is 2.53. The van der Waals surface area contributed by atoms with Crippen molar-refractivity contribution in [1.82, 2.24) is 19.7 Å². The number of nitrogens with zero attached hydrogens (tertiary/aromatic N) is 4. The lowest BCUT2D eigenvalue weighted by molar-refractivity contribution is 0.497. The van der Waals surface area contributed by atoms with E-state index in [4.69, 9.17) is 11.6 Å². The minimum absolute atomic E-state index is 0.0711. The molecule has 8 nitrogen and oxygen atoms in total. The molecule has 1 aromatic carbocycles. The van der Waals surface area contributed by atoms with Gasteiger partial charge in [-0.3, -0.25) is 0 Å². The lowest BCUT2D eigenvalue weighted by Gasteiger charge is -2.09. The molecule has 1 aliphatic rings. The maximum atomic E-state index is 11.7. The van der Waals surface area contributed by atoms with Gasteiger partial charge in [0.1, 0.15) is 5.15 Å². The van der Waals surface area contributed by atoms with Crippen LogP contribution in [0.25, 0.3) is 11.0 Å². The number of nitrogens with one attached hydrogen (secondary N) is 2. The average molecular weight is 393 g/mol. The number of para-hydroxylation sites is 2. The fraction of sp³-hybridized carbons (Fsp3) is 0.312. The lowest BCUT2D eigenvalue weighted by atomic mass is 10.2. The molecule has 2 aromatic heterocycles. The highest BCUT2D eigenvalue weighted by Gasteiger charge is 2.31. The molecule has 0 amide bonds. The SMILES string of the molecule is Cc1nn([C@@H]2CCS(=O)(=O)C2)c(Cl)c1/C=N\Nc1nc2ccccc2[nH]1. The van der Waals surface area contributed by atoms with Gasteiger partial charge in [0.15, 0.2) is 9.84 Å². The largest absolute Gasteiger partial charge is 0.323 e. The number of imidazole rings is 1. The summed E-state index contributed by atoms with van der Waals surface area (Å²) >= 11 is 6.41. The molecule has 3 heterocycles. The van der Waals surface area contributed by atoms with Crippen LogP contribution in [0.4, 0.5) is 5.95 Å². The van der Waals surface area contributed by atoms with Crippen LogP contribution in [0.3, 0.4) is 0 Å². The molecule has 0 spiro atoms. The van der Waals surface area contributed by atoms with E-state index in [1.165, 1.54) is 0 Å². The van der Waals surface area contributed by atoms with Gasteiger partial charge in [-0.1, -0.05) is 23.7 Å². The van der Waals surface area contributed by atoms with Gasteiger partial charge >= 0.3 is 0 Å². The van der Waals surface area contributed by atoms with Gasteiger partial charge < -0.3 is 4.98 Å². The van der Waals surface area contributed by atoms with Crippen molar-refractivity contribution in [1.29, 1.82) is 0 Å². The average Bonchev–Trinajstić information content (AvgIpc) is 3.25. The molecule has 0 aliphatic carbocycles. The zero-order valence-corrected chi connectivity index (χ0v) is 15.5. The summed E-state index contributed by atoms with van der Waals surface area (Å²) < 4.78 is 25.0. The Morgan fingerprint density at radius 2 is 2.23 bits per heavy atom. The number of rotatable bonds is 4. The number of aromatic amines is 1. The monoisotopic (exact) mass is 392 g/mol. The highest BCUT2D eigenvalue weighted by atomic mass is 35.5. The Hall–Kier alpha value is -2.39. The van der Waals surface area contributed by atoms with Crippen LogP contribution in [0.1, 0.15) is 23.7 Å².